The fourth-order valence-electron chi connectivity index (χ4n) is 2.82. The second-order valence-electron chi connectivity index (χ2n) is 5.57. The molecule has 1 aromatic rings. The summed E-state index contributed by atoms with van der Waals surface area (Å²) in [5, 5.41) is 3.19. The van der Waals surface area contributed by atoms with E-state index in [0.717, 1.165) is 18.7 Å². The lowest BCUT2D eigenvalue weighted by molar-refractivity contribution is 0.1000. The summed E-state index contributed by atoms with van der Waals surface area (Å²) in [4.78, 5) is 17.9. The highest BCUT2D eigenvalue weighted by Crippen LogP contribution is 2.15. The minimum Gasteiger partial charge on any atom is -0.370 e. The van der Waals surface area contributed by atoms with Crippen LogP contribution >= 0.6 is 0 Å². The van der Waals surface area contributed by atoms with Crippen LogP contribution in [0.25, 0.3) is 0 Å². The minimum atomic E-state index is -0.433. The molecule has 0 bridgehead atoms. The summed E-state index contributed by atoms with van der Waals surface area (Å²) < 4.78 is 0. The van der Waals surface area contributed by atoms with Crippen molar-refractivity contribution in [3.63, 3.8) is 0 Å². The number of carbonyl (C=O) groups is 1. The predicted octanol–water partition coefficient (Wildman–Crippen LogP) is 0.674. The topological polar surface area (TPSA) is 96.7 Å². The summed E-state index contributed by atoms with van der Waals surface area (Å²) in [5.74, 6) is 0.00486. The Kier molecular flexibility index (Phi) is 5.77. The Balaban J connectivity index is 1.85. The third-order valence-electron chi connectivity index (χ3n) is 4.07. The maximum atomic E-state index is 11.1. The van der Waals surface area contributed by atoms with E-state index < -0.39 is 5.91 Å². The lowest BCUT2D eigenvalue weighted by atomic mass is 10.1. The quantitative estimate of drug-likeness (QED) is 0.531. The number of rotatable bonds is 6. The number of likely N-dealkylation sites (N-methyl/N-ethyl adjacent to an activating group) is 1. The van der Waals surface area contributed by atoms with Crippen LogP contribution in [-0.4, -0.2) is 42.4 Å². The lowest BCUT2D eigenvalue weighted by Crippen LogP contribution is -2.42. The van der Waals surface area contributed by atoms with Gasteiger partial charge in [-0.1, -0.05) is 19.1 Å². The number of amides is 1. The van der Waals surface area contributed by atoms with Gasteiger partial charge in [0.25, 0.3) is 0 Å². The summed E-state index contributed by atoms with van der Waals surface area (Å²) in [6.45, 7) is 5.68. The zero-order valence-electron chi connectivity index (χ0n) is 13.1. The molecule has 6 heteroatoms. The highest BCUT2D eigenvalue weighted by Gasteiger charge is 2.22. The van der Waals surface area contributed by atoms with Crippen LogP contribution in [0.1, 0.15) is 35.7 Å². The van der Waals surface area contributed by atoms with Gasteiger partial charge in [0.15, 0.2) is 5.96 Å². The second-order valence-corrected chi connectivity index (χ2v) is 5.57. The number of primary amides is 1. The molecule has 1 aliphatic rings. The molecule has 0 saturated carbocycles. The van der Waals surface area contributed by atoms with Crippen LogP contribution in [0.2, 0.25) is 0 Å². The molecule has 0 aromatic heterocycles. The molecule has 0 radical (unpaired) electrons. The third kappa shape index (κ3) is 4.46. The van der Waals surface area contributed by atoms with Crippen molar-refractivity contribution in [2.75, 3.05) is 19.6 Å². The summed E-state index contributed by atoms with van der Waals surface area (Å²) >= 11 is 0. The van der Waals surface area contributed by atoms with E-state index in [4.69, 9.17) is 11.5 Å². The first-order valence-electron chi connectivity index (χ1n) is 7.76. The van der Waals surface area contributed by atoms with Crippen molar-refractivity contribution < 1.29 is 4.79 Å². The summed E-state index contributed by atoms with van der Waals surface area (Å²) in [6, 6.07) is 7.67. The first-order chi connectivity index (χ1) is 10.6. The standard InChI is InChI=1S/C16H25N5O/c1-2-21-8-4-7-14(21)11-20-16(18)19-10-12-5-3-6-13(9-12)15(17)22/h3,5-6,9,14H,2,4,7-8,10-11H2,1H3,(H2,17,22)(H3,18,19,20). The molecule has 1 heterocycles. The van der Waals surface area contributed by atoms with E-state index in [-0.39, 0.29) is 0 Å². The fraction of sp³-hybridized carbons (Fsp3) is 0.500. The number of hydrogen-bond donors (Lipinski definition) is 3. The Labute approximate surface area is 131 Å². The second kappa shape index (κ2) is 7.79. The molecule has 1 unspecified atom stereocenters. The average molecular weight is 303 g/mol. The van der Waals surface area contributed by atoms with E-state index in [1.54, 1.807) is 18.2 Å². The van der Waals surface area contributed by atoms with Gasteiger partial charge in [-0.25, -0.2) is 4.99 Å². The number of nitrogens with one attached hydrogen (secondary N) is 1. The van der Waals surface area contributed by atoms with Crippen molar-refractivity contribution in [2.45, 2.75) is 32.4 Å². The summed E-state index contributed by atoms with van der Waals surface area (Å²) in [7, 11) is 0. The number of hydrogen-bond acceptors (Lipinski definition) is 3. The van der Waals surface area contributed by atoms with Crippen LogP contribution in [0.4, 0.5) is 0 Å². The van der Waals surface area contributed by atoms with Crippen LogP contribution in [0.3, 0.4) is 0 Å². The molecule has 120 valence electrons. The largest absolute Gasteiger partial charge is 0.370 e. The van der Waals surface area contributed by atoms with Crippen LogP contribution in [0, 0.1) is 0 Å². The van der Waals surface area contributed by atoms with Gasteiger partial charge in [0.2, 0.25) is 5.91 Å². The van der Waals surface area contributed by atoms with E-state index in [1.165, 1.54) is 19.4 Å². The molecule has 0 spiro atoms. The first-order valence-corrected chi connectivity index (χ1v) is 7.76. The molecular weight excluding hydrogens is 278 g/mol. The number of guanidine groups is 1. The highest BCUT2D eigenvalue weighted by atomic mass is 16.1. The van der Waals surface area contributed by atoms with Crippen molar-refractivity contribution in [2.24, 2.45) is 16.5 Å². The minimum absolute atomic E-state index is 0.433. The molecule has 1 aliphatic heterocycles. The summed E-state index contributed by atoms with van der Waals surface area (Å²) in [5.41, 5.74) is 12.6. The molecule has 1 aromatic carbocycles. The maximum Gasteiger partial charge on any atom is 0.248 e. The molecule has 1 saturated heterocycles. The number of nitrogens with two attached hydrogens (primary N) is 2. The number of aliphatic imine (C=N–C) groups is 1. The highest BCUT2D eigenvalue weighted by molar-refractivity contribution is 5.92. The molecule has 1 fully saturated rings. The van der Waals surface area contributed by atoms with Gasteiger partial charge in [0.05, 0.1) is 6.54 Å². The molecule has 22 heavy (non-hydrogen) atoms. The van der Waals surface area contributed by atoms with Gasteiger partial charge in [-0.05, 0) is 43.6 Å². The molecular formula is C16H25N5O. The zero-order chi connectivity index (χ0) is 15.9. The predicted molar refractivity (Wildman–Crippen MR) is 88.6 cm³/mol. The van der Waals surface area contributed by atoms with Crippen LogP contribution in [0.15, 0.2) is 29.3 Å². The van der Waals surface area contributed by atoms with Crippen molar-refractivity contribution in [1.29, 1.82) is 0 Å². The number of carbonyl (C=O) groups excluding carboxylic acids is 1. The number of nitrogens with zero attached hydrogens (tertiary/aromatic N) is 2. The maximum absolute atomic E-state index is 11.1. The Morgan fingerprint density at radius 2 is 2.27 bits per heavy atom. The van der Waals surface area contributed by atoms with E-state index in [0.29, 0.717) is 24.1 Å². The Morgan fingerprint density at radius 3 is 3.00 bits per heavy atom. The van der Waals surface area contributed by atoms with Crippen LogP contribution in [-0.2, 0) is 6.54 Å². The lowest BCUT2D eigenvalue weighted by Gasteiger charge is -2.23. The normalized spacial score (nSPS) is 19.3. The molecule has 2 rings (SSSR count). The number of benzene rings is 1. The third-order valence-corrected chi connectivity index (χ3v) is 4.07. The Hall–Kier alpha value is -2.08. The molecule has 0 aliphatic carbocycles. The molecule has 5 N–H and O–H groups in total. The van der Waals surface area contributed by atoms with Crippen molar-refractivity contribution in [3.8, 4) is 0 Å². The Bertz CT molecular complexity index is 543. The number of likely N-dealkylation sites (tertiary alicyclic amines) is 1. The van der Waals surface area contributed by atoms with Crippen LogP contribution in [0.5, 0.6) is 0 Å². The van der Waals surface area contributed by atoms with E-state index >= 15 is 0 Å². The molecule has 1 amide bonds. The average Bonchev–Trinajstić information content (AvgIpc) is 2.98. The van der Waals surface area contributed by atoms with Crippen molar-refractivity contribution in [1.82, 2.24) is 10.2 Å². The van der Waals surface area contributed by atoms with Gasteiger partial charge in [0.1, 0.15) is 0 Å². The van der Waals surface area contributed by atoms with Crippen molar-refractivity contribution in [3.05, 3.63) is 35.4 Å². The van der Waals surface area contributed by atoms with Crippen LogP contribution < -0.4 is 16.8 Å². The van der Waals surface area contributed by atoms with Gasteiger partial charge >= 0.3 is 0 Å². The van der Waals surface area contributed by atoms with Gasteiger partial charge < -0.3 is 16.8 Å². The first kappa shape index (κ1) is 16.3. The molecule has 1 atom stereocenters. The van der Waals surface area contributed by atoms with Gasteiger partial charge in [-0.3, -0.25) is 9.69 Å². The van der Waals surface area contributed by atoms with Gasteiger partial charge in [-0.15, -0.1) is 0 Å². The van der Waals surface area contributed by atoms with Gasteiger partial charge in [0, 0.05) is 18.2 Å². The summed E-state index contributed by atoms with van der Waals surface area (Å²) in [6.07, 6.45) is 2.45. The van der Waals surface area contributed by atoms with E-state index in [2.05, 4.69) is 22.1 Å². The fourth-order valence-corrected chi connectivity index (χ4v) is 2.82. The van der Waals surface area contributed by atoms with E-state index in [9.17, 15) is 4.79 Å². The SMILES string of the molecule is CCN1CCCC1CNC(N)=NCc1cccc(C(N)=O)c1. The van der Waals surface area contributed by atoms with Gasteiger partial charge in [-0.2, -0.15) is 0 Å². The van der Waals surface area contributed by atoms with E-state index in [1.807, 2.05) is 6.07 Å². The monoisotopic (exact) mass is 303 g/mol. The van der Waals surface area contributed by atoms with Crippen molar-refractivity contribution >= 4 is 11.9 Å². The smallest absolute Gasteiger partial charge is 0.248 e. The Morgan fingerprint density at radius 1 is 1.45 bits per heavy atom. The zero-order valence-corrected chi connectivity index (χ0v) is 13.1. The molecule has 6 nitrogen and oxygen atoms in total.